The van der Waals surface area contributed by atoms with Crippen molar-refractivity contribution in [3.8, 4) is 0 Å². The maximum atomic E-state index is 11.6. The minimum atomic E-state index is -0.463. The number of carbonyl (C=O) groups excluding carboxylic acids is 1. The highest BCUT2D eigenvalue weighted by Crippen LogP contribution is 2.41. The van der Waals surface area contributed by atoms with Crippen LogP contribution in [-0.4, -0.2) is 13.1 Å². The van der Waals surface area contributed by atoms with Gasteiger partial charge < -0.3 is 9.47 Å². The van der Waals surface area contributed by atoms with Crippen molar-refractivity contribution in [1.29, 1.82) is 0 Å². The third-order valence-corrected chi connectivity index (χ3v) is 3.13. The van der Waals surface area contributed by atoms with E-state index in [-0.39, 0.29) is 5.97 Å². The zero-order chi connectivity index (χ0) is 12.5. The van der Waals surface area contributed by atoms with Crippen molar-refractivity contribution in [3.63, 3.8) is 0 Å². The van der Waals surface area contributed by atoms with Gasteiger partial charge in [0, 0.05) is 6.42 Å². The first-order valence-electron chi connectivity index (χ1n) is 5.59. The van der Waals surface area contributed by atoms with Gasteiger partial charge in [-0.3, -0.25) is 0 Å². The average molecular weight is 232 g/mol. The predicted molar refractivity (Wildman–Crippen MR) is 64.2 cm³/mol. The molecule has 3 heteroatoms. The molecule has 1 heterocycles. The van der Waals surface area contributed by atoms with Crippen molar-refractivity contribution < 1.29 is 14.3 Å². The van der Waals surface area contributed by atoms with E-state index in [9.17, 15) is 4.79 Å². The predicted octanol–water partition coefficient (Wildman–Crippen LogP) is 2.77. The molecule has 1 aromatic rings. The topological polar surface area (TPSA) is 35.5 Å². The minimum absolute atomic E-state index is 0.304. The van der Waals surface area contributed by atoms with Gasteiger partial charge in [-0.1, -0.05) is 30.3 Å². The SMILES string of the molecule is COC(=O)C1=C(C)OC(C)(c2ccccc2)C1. The van der Waals surface area contributed by atoms with E-state index < -0.39 is 5.60 Å². The summed E-state index contributed by atoms with van der Waals surface area (Å²) < 4.78 is 10.6. The molecular formula is C14H16O3. The number of rotatable bonds is 2. The summed E-state index contributed by atoms with van der Waals surface area (Å²) in [6.45, 7) is 3.79. The van der Waals surface area contributed by atoms with Crippen LogP contribution >= 0.6 is 0 Å². The number of hydrogen-bond acceptors (Lipinski definition) is 3. The van der Waals surface area contributed by atoms with E-state index in [1.807, 2.05) is 37.3 Å². The molecule has 0 saturated heterocycles. The Morgan fingerprint density at radius 3 is 2.59 bits per heavy atom. The number of methoxy groups -OCH3 is 1. The van der Waals surface area contributed by atoms with E-state index in [2.05, 4.69) is 0 Å². The van der Waals surface area contributed by atoms with Crippen molar-refractivity contribution in [2.45, 2.75) is 25.9 Å². The standard InChI is InChI=1S/C14H16O3/c1-10-12(13(15)16-3)9-14(2,17-10)11-7-5-4-6-8-11/h4-8H,9H2,1-3H3. The fourth-order valence-electron chi connectivity index (χ4n) is 2.19. The Labute approximate surface area is 101 Å². The van der Waals surface area contributed by atoms with E-state index in [1.165, 1.54) is 7.11 Å². The molecule has 0 radical (unpaired) electrons. The lowest BCUT2D eigenvalue weighted by atomic mass is 9.90. The third-order valence-electron chi connectivity index (χ3n) is 3.13. The summed E-state index contributed by atoms with van der Waals surface area (Å²) in [6.07, 6.45) is 0.551. The largest absolute Gasteiger partial charge is 0.487 e. The van der Waals surface area contributed by atoms with Gasteiger partial charge in [0.2, 0.25) is 0 Å². The Balaban J connectivity index is 2.27. The fraction of sp³-hybridized carbons (Fsp3) is 0.357. The molecule has 1 aliphatic rings. The number of allylic oxidation sites excluding steroid dienone is 1. The molecule has 0 aromatic heterocycles. The average Bonchev–Trinajstić information content (AvgIpc) is 2.66. The molecule has 0 spiro atoms. The van der Waals surface area contributed by atoms with Gasteiger partial charge in [0.25, 0.3) is 0 Å². The van der Waals surface area contributed by atoms with Crippen molar-refractivity contribution in [2.24, 2.45) is 0 Å². The summed E-state index contributed by atoms with van der Waals surface area (Å²) in [5.41, 5.74) is 1.23. The van der Waals surface area contributed by atoms with Crippen LogP contribution in [0.4, 0.5) is 0 Å². The Morgan fingerprint density at radius 2 is 2.00 bits per heavy atom. The molecule has 0 saturated carbocycles. The second-order valence-electron chi connectivity index (χ2n) is 4.40. The second kappa shape index (κ2) is 4.24. The zero-order valence-electron chi connectivity index (χ0n) is 10.3. The Morgan fingerprint density at radius 1 is 1.35 bits per heavy atom. The van der Waals surface area contributed by atoms with Crippen molar-refractivity contribution in [2.75, 3.05) is 7.11 Å². The number of ether oxygens (including phenoxy) is 2. The van der Waals surface area contributed by atoms with Crippen LogP contribution in [-0.2, 0) is 19.9 Å². The Hall–Kier alpha value is -1.77. The molecule has 3 nitrogen and oxygen atoms in total. The van der Waals surface area contributed by atoms with E-state index in [0.29, 0.717) is 17.8 Å². The summed E-state index contributed by atoms with van der Waals surface area (Å²) in [7, 11) is 1.39. The smallest absolute Gasteiger partial charge is 0.337 e. The lowest BCUT2D eigenvalue weighted by Gasteiger charge is -2.25. The van der Waals surface area contributed by atoms with Crippen LogP contribution in [0.25, 0.3) is 0 Å². The van der Waals surface area contributed by atoms with E-state index >= 15 is 0 Å². The van der Waals surface area contributed by atoms with Crippen LogP contribution in [0.3, 0.4) is 0 Å². The van der Waals surface area contributed by atoms with Gasteiger partial charge in [0.15, 0.2) is 0 Å². The normalized spacial score (nSPS) is 23.5. The molecule has 0 amide bonds. The maximum absolute atomic E-state index is 11.6. The summed E-state index contributed by atoms with van der Waals surface area (Å²) in [6, 6.07) is 9.91. The highest BCUT2D eigenvalue weighted by atomic mass is 16.5. The molecule has 17 heavy (non-hydrogen) atoms. The van der Waals surface area contributed by atoms with Crippen LogP contribution in [0.2, 0.25) is 0 Å². The summed E-state index contributed by atoms with van der Waals surface area (Å²) in [4.78, 5) is 11.6. The number of esters is 1. The van der Waals surface area contributed by atoms with Gasteiger partial charge in [-0.15, -0.1) is 0 Å². The molecule has 0 bridgehead atoms. The van der Waals surface area contributed by atoms with E-state index in [4.69, 9.17) is 9.47 Å². The Kier molecular flexibility index (Phi) is 2.92. The van der Waals surface area contributed by atoms with Gasteiger partial charge in [-0.05, 0) is 19.4 Å². The zero-order valence-corrected chi connectivity index (χ0v) is 10.3. The first-order valence-corrected chi connectivity index (χ1v) is 5.59. The number of hydrogen-bond donors (Lipinski definition) is 0. The summed E-state index contributed by atoms with van der Waals surface area (Å²) >= 11 is 0. The van der Waals surface area contributed by atoms with E-state index in [1.54, 1.807) is 6.92 Å². The van der Waals surface area contributed by atoms with Gasteiger partial charge in [-0.2, -0.15) is 0 Å². The summed E-state index contributed by atoms with van der Waals surface area (Å²) in [5.74, 6) is 0.352. The highest BCUT2D eigenvalue weighted by Gasteiger charge is 2.39. The molecule has 1 unspecified atom stereocenters. The van der Waals surface area contributed by atoms with Gasteiger partial charge in [0.05, 0.1) is 12.7 Å². The van der Waals surface area contributed by atoms with Gasteiger partial charge >= 0.3 is 5.97 Å². The molecular weight excluding hydrogens is 216 g/mol. The first-order chi connectivity index (χ1) is 8.07. The van der Waals surface area contributed by atoms with Crippen LogP contribution in [0, 0.1) is 0 Å². The monoisotopic (exact) mass is 232 g/mol. The molecule has 1 aromatic carbocycles. The van der Waals surface area contributed by atoms with Crippen LogP contribution in [0.5, 0.6) is 0 Å². The molecule has 0 aliphatic carbocycles. The van der Waals surface area contributed by atoms with Crippen LogP contribution in [0.1, 0.15) is 25.8 Å². The Bertz CT molecular complexity index is 462. The lowest BCUT2D eigenvalue weighted by molar-refractivity contribution is -0.136. The second-order valence-corrected chi connectivity index (χ2v) is 4.40. The summed E-state index contributed by atoms with van der Waals surface area (Å²) in [5, 5.41) is 0. The van der Waals surface area contributed by atoms with Crippen molar-refractivity contribution in [1.82, 2.24) is 0 Å². The first kappa shape index (κ1) is 11.7. The van der Waals surface area contributed by atoms with E-state index in [0.717, 1.165) is 5.56 Å². The molecule has 2 rings (SSSR count). The van der Waals surface area contributed by atoms with Gasteiger partial charge in [-0.25, -0.2) is 4.79 Å². The molecule has 1 aliphatic heterocycles. The number of benzene rings is 1. The number of carbonyl (C=O) groups is 1. The third kappa shape index (κ3) is 2.05. The van der Waals surface area contributed by atoms with Crippen molar-refractivity contribution in [3.05, 3.63) is 47.2 Å². The van der Waals surface area contributed by atoms with Crippen LogP contribution in [0.15, 0.2) is 41.7 Å². The molecule has 90 valence electrons. The lowest BCUT2D eigenvalue weighted by Crippen LogP contribution is -2.21. The van der Waals surface area contributed by atoms with Gasteiger partial charge in [0.1, 0.15) is 11.4 Å². The van der Waals surface area contributed by atoms with Crippen LogP contribution < -0.4 is 0 Å². The van der Waals surface area contributed by atoms with Crippen molar-refractivity contribution >= 4 is 5.97 Å². The molecule has 0 N–H and O–H groups in total. The quantitative estimate of drug-likeness (QED) is 0.735. The molecule has 0 fully saturated rings. The highest BCUT2D eigenvalue weighted by molar-refractivity contribution is 5.89. The minimum Gasteiger partial charge on any atom is -0.487 e. The molecule has 1 atom stereocenters. The maximum Gasteiger partial charge on any atom is 0.337 e. The fourth-order valence-corrected chi connectivity index (χ4v) is 2.19.